The number of aliphatic carboxylic acids is 3. The number of hydrogen-bond acceptors (Lipinski definition) is 12. The Morgan fingerprint density at radius 1 is 0.488 bits per heavy atom. The van der Waals surface area contributed by atoms with Gasteiger partial charge in [-0.2, -0.15) is 0 Å². The second-order valence-electron chi connectivity index (χ2n) is 9.07. The van der Waals surface area contributed by atoms with Crippen LogP contribution in [-0.4, -0.2) is 205 Å². The summed E-state index contributed by atoms with van der Waals surface area (Å²) in [6.07, 6.45) is 0. The fourth-order valence-corrected chi connectivity index (χ4v) is 3.79. The van der Waals surface area contributed by atoms with Gasteiger partial charge in [-0.1, -0.05) is 0 Å². The zero-order chi connectivity index (χ0) is 31.2. The van der Waals surface area contributed by atoms with Gasteiger partial charge < -0.3 is 44.8 Å². The van der Waals surface area contributed by atoms with Crippen molar-refractivity contribution in [3.8, 4) is 0 Å². The molecule has 0 aliphatic heterocycles. The van der Waals surface area contributed by atoms with E-state index >= 15 is 0 Å². The molecular formula is C24H45N5O12. The zero-order valence-electron chi connectivity index (χ0n) is 23.9. The maximum Gasteiger partial charge on any atom is 0.317 e. The van der Waals surface area contributed by atoms with E-state index in [2.05, 4.69) is 0 Å². The van der Waals surface area contributed by atoms with Crippen LogP contribution in [0.2, 0.25) is 0 Å². The highest BCUT2D eigenvalue weighted by Crippen LogP contribution is 2.01. The van der Waals surface area contributed by atoms with E-state index in [1.54, 1.807) is 0 Å². The van der Waals surface area contributed by atoms with Crippen LogP contribution in [0.3, 0.4) is 0 Å². The molecule has 0 fully saturated rings. The van der Waals surface area contributed by atoms with Crippen LogP contribution in [0, 0.1) is 0 Å². The van der Waals surface area contributed by atoms with Gasteiger partial charge in [0.25, 0.3) is 0 Å². The summed E-state index contributed by atoms with van der Waals surface area (Å²) in [6, 6.07) is 0. The number of rotatable bonds is 26. The van der Waals surface area contributed by atoms with E-state index < -0.39 is 49.4 Å². The largest absolute Gasteiger partial charge is 0.480 e. The summed E-state index contributed by atoms with van der Waals surface area (Å²) in [6.45, 7) is -1.64. The second kappa shape index (κ2) is 22.7. The fraction of sp³-hybridized carbons (Fsp3) is 0.792. The summed E-state index contributed by atoms with van der Waals surface area (Å²) in [5.74, 6) is -4.43. The molecule has 2 amide bonds. The number of amides is 2. The van der Waals surface area contributed by atoms with Gasteiger partial charge in [-0.25, -0.2) is 0 Å². The van der Waals surface area contributed by atoms with Gasteiger partial charge in [-0.15, -0.1) is 0 Å². The number of nitrogens with zero attached hydrogens (tertiary/aromatic N) is 5. The first kappa shape index (κ1) is 38.1. The maximum absolute atomic E-state index is 12.7. The molecule has 0 heterocycles. The number of carboxylic acid groups (broad SMARTS) is 3. The lowest BCUT2D eigenvalue weighted by atomic mass is 10.3. The smallest absolute Gasteiger partial charge is 0.317 e. The molecule has 0 saturated carbocycles. The van der Waals surface area contributed by atoms with Gasteiger partial charge in [-0.05, 0) is 0 Å². The van der Waals surface area contributed by atoms with E-state index in [0.29, 0.717) is 0 Å². The maximum atomic E-state index is 12.7. The first-order chi connectivity index (χ1) is 19.5. The minimum absolute atomic E-state index is 0.00171. The molecule has 17 nitrogen and oxygen atoms in total. The highest BCUT2D eigenvalue weighted by Gasteiger charge is 2.23. The highest BCUT2D eigenvalue weighted by molar-refractivity contribution is 5.80. The third-order valence-electron chi connectivity index (χ3n) is 5.84. The molecule has 0 radical (unpaired) electrons. The molecule has 0 aromatic carbocycles. The number of methoxy groups -OCH3 is 2. The SMILES string of the molecule is COCCN(CCO)C(=O)CN(CCN(CCN(CC(=O)O)CC(=O)N(CCO)CCOC)CC(=O)O)CC(=O)O. The van der Waals surface area contributed by atoms with Crippen LogP contribution in [0.1, 0.15) is 0 Å². The highest BCUT2D eigenvalue weighted by atomic mass is 16.5. The molecule has 238 valence electrons. The Morgan fingerprint density at radius 2 is 0.805 bits per heavy atom. The Bertz CT molecular complexity index is 747. The molecule has 0 rings (SSSR count). The lowest BCUT2D eigenvalue weighted by molar-refractivity contribution is -0.141. The van der Waals surface area contributed by atoms with Crippen LogP contribution in [0.15, 0.2) is 0 Å². The van der Waals surface area contributed by atoms with E-state index in [4.69, 9.17) is 9.47 Å². The van der Waals surface area contributed by atoms with Gasteiger partial charge in [0.1, 0.15) is 0 Å². The van der Waals surface area contributed by atoms with Crippen LogP contribution < -0.4 is 0 Å². The minimum Gasteiger partial charge on any atom is -0.480 e. The molecule has 0 bridgehead atoms. The van der Waals surface area contributed by atoms with Crippen molar-refractivity contribution >= 4 is 29.7 Å². The van der Waals surface area contributed by atoms with Crippen molar-refractivity contribution in [2.45, 2.75) is 0 Å². The van der Waals surface area contributed by atoms with Crippen molar-refractivity contribution in [1.29, 1.82) is 0 Å². The molecule has 0 saturated heterocycles. The number of carbonyl (C=O) groups is 5. The molecule has 0 aliphatic carbocycles. The predicted octanol–water partition coefficient (Wildman–Crippen LogP) is -3.92. The average Bonchev–Trinajstić information content (AvgIpc) is 2.89. The van der Waals surface area contributed by atoms with Gasteiger partial charge in [0.2, 0.25) is 11.8 Å². The Labute approximate surface area is 239 Å². The third-order valence-corrected chi connectivity index (χ3v) is 5.84. The summed E-state index contributed by atoms with van der Waals surface area (Å²) in [5.41, 5.74) is 0. The summed E-state index contributed by atoms with van der Waals surface area (Å²) < 4.78 is 9.93. The average molecular weight is 596 g/mol. The predicted molar refractivity (Wildman–Crippen MR) is 143 cm³/mol. The second-order valence-corrected chi connectivity index (χ2v) is 9.07. The molecule has 41 heavy (non-hydrogen) atoms. The number of aliphatic hydroxyl groups is 2. The normalized spacial score (nSPS) is 11.3. The van der Waals surface area contributed by atoms with Gasteiger partial charge in [-0.3, -0.25) is 38.7 Å². The van der Waals surface area contributed by atoms with Crippen molar-refractivity contribution in [2.75, 3.05) is 126 Å². The van der Waals surface area contributed by atoms with Gasteiger partial charge >= 0.3 is 17.9 Å². The molecular weight excluding hydrogens is 550 g/mol. The van der Waals surface area contributed by atoms with Gasteiger partial charge in [0, 0.05) is 66.6 Å². The first-order valence-electron chi connectivity index (χ1n) is 13.0. The van der Waals surface area contributed by atoms with Crippen LogP contribution >= 0.6 is 0 Å². The molecule has 0 aromatic heterocycles. The van der Waals surface area contributed by atoms with Crippen molar-refractivity contribution in [2.24, 2.45) is 0 Å². The van der Waals surface area contributed by atoms with E-state index in [9.17, 15) is 49.5 Å². The lowest BCUT2D eigenvalue weighted by Crippen LogP contribution is -2.49. The fourth-order valence-electron chi connectivity index (χ4n) is 3.79. The number of aliphatic hydroxyl groups excluding tert-OH is 2. The zero-order valence-corrected chi connectivity index (χ0v) is 23.9. The molecule has 0 aliphatic rings. The Kier molecular flexibility index (Phi) is 21.1. The van der Waals surface area contributed by atoms with Crippen LogP contribution in [0.5, 0.6) is 0 Å². The summed E-state index contributed by atoms with van der Waals surface area (Å²) in [7, 11) is 2.91. The van der Waals surface area contributed by atoms with E-state index in [-0.39, 0.29) is 91.9 Å². The molecule has 17 heteroatoms. The molecule has 0 atom stereocenters. The number of hydrogen-bond donors (Lipinski definition) is 5. The van der Waals surface area contributed by atoms with Gasteiger partial charge in [0.05, 0.1) is 59.2 Å². The topological polar surface area (TPSA) is 221 Å². The quantitative estimate of drug-likeness (QED) is 0.0644. The minimum atomic E-state index is -1.19. The Balaban J connectivity index is 5.44. The molecule has 0 unspecified atom stereocenters. The third kappa shape index (κ3) is 18.9. The molecule has 5 N–H and O–H groups in total. The van der Waals surface area contributed by atoms with Crippen molar-refractivity contribution in [3.05, 3.63) is 0 Å². The van der Waals surface area contributed by atoms with Crippen molar-refractivity contribution < 1.29 is 59.0 Å². The van der Waals surface area contributed by atoms with E-state index in [1.807, 2.05) is 0 Å². The standard InChI is InChI=1S/C24H45N5O12/c1-40-13-9-28(7-11-30)20(32)15-26(18-23(36)37)5-3-25(17-22(34)35)4-6-27(19-24(38)39)16-21(33)29(8-12-31)10-14-41-2/h30-31H,3-19H2,1-2H3,(H,34,35)(H,36,37)(H,38,39). The number of ether oxygens (including phenoxy) is 2. The van der Waals surface area contributed by atoms with Crippen molar-refractivity contribution in [1.82, 2.24) is 24.5 Å². The Morgan fingerprint density at radius 3 is 1.10 bits per heavy atom. The Hall–Kier alpha value is -2.93. The first-order valence-corrected chi connectivity index (χ1v) is 13.0. The van der Waals surface area contributed by atoms with Crippen LogP contribution in [0.4, 0.5) is 0 Å². The number of carboxylic acids is 3. The lowest BCUT2D eigenvalue weighted by Gasteiger charge is -2.30. The van der Waals surface area contributed by atoms with E-state index in [1.165, 1.54) is 38.7 Å². The number of carbonyl (C=O) groups excluding carboxylic acids is 2. The monoisotopic (exact) mass is 595 g/mol. The summed E-state index contributed by atoms with van der Waals surface area (Å²) in [4.78, 5) is 66.6. The molecule has 0 aromatic rings. The van der Waals surface area contributed by atoms with Crippen LogP contribution in [-0.2, 0) is 33.4 Å². The summed E-state index contributed by atoms with van der Waals surface area (Å²) >= 11 is 0. The van der Waals surface area contributed by atoms with Crippen LogP contribution in [0.25, 0.3) is 0 Å². The van der Waals surface area contributed by atoms with Gasteiger partial charge in [0.15, 0.2) is 0 Å². The van der Waals surface area contributed by atoms with E-state index in [0.717, 1.165) is 0 Å². The van der Waals surface area contributed by atoms with Crippen molar-refractivity contribution in [3.63, 3.8) is 0 Å². The summed E-state index contributed by atoms with van der Waals surface area (Å²) in [5, 5.41) is 46.5. The molecule has 0 spiro atoms.